The summed E-state index contributed by atoms with van der Waals surface area (Å²) in [5.41, 5.74) is 1.95. The number of aromatic nitrogens is 2. The SMILES string of the molecule is CNCC(C)C(=O)Cc1cc(C)nn1C. The van der Waals surface area contributed by atoms with E-state index in [4.69, 9.17) is 0 Å². The lowest BCUT2D eigenvalue weighted by atomic mass is 10.0. The Kier molecular flexibility index (Phi) is 4.03. The maximum atomic E-state index is 11.8. The molecule has 0 aliphatic heterocycles. The van der Waals surface area contributed by atoms with E-state index < -0.39 is 0 Å². The molecule has 0 aliphatic rings. The van der Waals surface area contributed by atoms with Gasteiger partial charge in [0.15, 0.2) is 0 Å². The van der Waals surface area contributed by atoms with E-state index in [1.54, 1.807) is 4.68 Å². The highest BCUT2D eigenvalue weighted by atomic mass is 16.1. The van der Waals surface area contributed by atoms with Crippen molar-refractivity contribution in [3.63, 3.8) is 0 Å². The average molecular weight is 209 g/mol. The summed E-state index contributed by atoms with van der Waals surface area (Å²) < 4.78 is 1.78. The molecular formula is C11H19N3O. The van der Waals surface area contributed by atoms with Crippen LogP contribution in [0, 0.1) is 12.8 Å². The molecule has 1 unspecified atom stereocenters. The Bertz CT molecular complexity index is 344. The zero-order valence-corrected chi connectivity index (χ0v) is 9.87. The molecule has 1 aromatic heterocycles. The monoisotopic (exact) mass is 209 g/mol. The van der Waals surface area contributed by atoms with Crippen LogP contribution in [-0.4, -0.2) is 29.2 Å². The molecule has 0 aliphatic carbocycles. The van der Waals surface area contributed by atoms with E-state index in [0.717, 1.165) is 17.9 Å². The van der Waals surface area contributed by atoms with Crippen LogP contribution in [0.1, 0.15) is 18.3 Å². The molecule has 1 rings (SSSR count). The molecule has 1 heterocycles. The molecule has 0 amide bonds. The Morgan fingerprint density at radius 2 is 2.33 bits per heavy atom. The van der Waals surface area contributed by atoms with Crippen molar-refractivity contribution < 1.29 is 4.79 Å². The van der Waals surface area contributed by atoms with Crippen LogP contribution in [0.3, 0.4) is 0 Å². The maximum absolute atomic E-state index is 11.8. The molecule has 15 heavy (non-hydrogen) atoms. The Labute approximate surface area is 90.7 Å². The molecule has 0 saturated carbocycles. The van der Waals surface area contributed by atoms with Crippen LogP contribution in [-0.2, 0) is 18.3 Å². The number of aryl methyl sites for hydroxylation is 2. The molecule has 4 heteroatoms. The lowest BCUT2D eigenvalue weighted by Gasteiger charge is -2.09. The molecule has 84 valence electrons. The van der Waals surface area contributed by atoms with Crippen molar-refractivity contribution in [1.82, 2.24) is 15.1 Å². The predicted octanol–water partition coefficient (Wildman–Crippen LogP) is 0.696. The van der Waals surface area contributed by atoms with Gasteiger partial charge in [-0.15, -0.1) is 0 Å². The van der Waals surface area contributed by atoms with Crippen molar-refractivity contribution in [2.75, 3.05) is 13.6 Å². The summed E-state index contributed by atoms with van der Waals surface area (Å²) in [5.74, 6) is 0.317. The first-order valence-corrected chi connectivity index (χ1v) is 5.21. The molecule has 0 fully saturated rings. The van der Waals surface area contributed by atoms with Crippen LogP contribution in [0.4, 0.5) is 0 Å². The van der Waals surface area contributed by atoms with Gasteiger partial charge in [-0.2, -0.15) is 5.10 Å². The highest BCUT2D eigenvalue weighted by Crippen LogP contribution is 2.07. The van der Waals surface area contributed by atoms with Gasteiger partial charge in [0.05, 0.1) is 5.69 Å². The maximum Gasteiger partial charge on any atom is 0.142 e. The van der Waals surface area contributed by atoms with Crippen molar-refractivity contribution >= 4 is 5.78 Å². The third kappa shape index (κ3) is 3.16. The second-order valence-electron chi connectivity index (χ2n) is 4.00. The number of ketones is 1. The highest BCUT2D eigenvalue weighted by Gasteiger charge is 2.14. The number of nitrogens with one attached hydrogen (secondary N) is 1. The number of Topliss-reactive ketones (excluding diaryl/α,β-unsaturated/α-hetero) is 1. The first-order valence-electron chi connectivity index (χ1n) is 5.21. The number of rotatable bonds is 5. The van der Waals surface area contributed by atoms with E-state index in [1.807, 2.05) is 34.0 Å². The van der Waals surface area contributed by atoms with Crippen LogP contribution < -0.4 is 5.32 Å². The van der Waals surface area contributed by atoms with Gasteiger partial charge in [-0.1, -0.05) is 6.92 Å². The third-order valence-electron chi connectivity index (χ3n) is 2.51. The van der Waals surface area contributed by atoms with Crippen LogP contribution in [0.25, 0.3) is 0 Å². The number of carbonyl (C=O) groups excluding carboxylic acids is 1. The second kappa shape index (κ2) is 5.07. The molecule has 0 spiro atoms. The zero-order valence-electron chi connectivity index (χ0n) is 9.87. The summed E-state index contributed by atoms with van der Waals surface area (Å²) in [7, 11) is 3.73. The Morgan fingerprint density at radius 3 is 2.80 bits per heavy atom. The van der Waals surface area contributed by atoms with Crippen LogP contribution >= 0.6 is 0 Å². The van der Waals surface area contributed by atoms with Crippen LogP contribution in [0.5, 0.6) is 0 Å². The summed E-state index contributed by atoms with van der Waals surface area (Å²) in [6, 6.07) is 1.96. The van der Waals surface area contributed by atoms with Gasteiger partial charge in [0.25, 0.3) is 0 Å². The van der Waals surface area contributed by atoms with Crippen molar-refractivity contribution in [2.24, 2.45) is 13.0 Å². The van der Waals surface area contributed by atoms with Crippen molar-refractivity contribution in [3.05, 3.63) is 17.5 Å². The normalized spacial score (nSPS) is 12.8. The molecule has 0 aromatic carbocycles. The van der Waals surface area contributed by atoms with Gasteiger partial charge in [0.1, 0.15) is 5.78 Å². The van der Waals surface area contributed by atoms with Crippen LogP contribution in [0.15, 0.2) is 6.07 Å². The summed E-state index contributed by atoms with van der Waals surface area (Å²) >= 11 is 0. The molecule has 1 aromatic rings. The standard InChI is InChI=1S/C11H19N3O/c1-8(7-12-3)11(15)6-10-5-9(2)13-14(10)4/h5,8,12H,6-7H2,1-4H3. The average Bonchev–Trinajstić information content (AvgIpc) is 2.45. The van der Waals surface area contributed by atoms with Gasteiger partial charge in [-0.05, 0) is 20.0 Å². The largest absolute Gasteiger partial charge is 0.319 e. The van der Waals surface area contributed by atoms with E-state index >= 15 is 0 Å². The molecule has 4 nitrogen and oxygen atoms in total. The van der Waals surface area contributed by atoms with Crippen LogP contribution in [0.2, 0.25) is 0 Å². The number of hydrogen-bond donors (Lipinski definition) is 1. The molecule has 0 bridgehead atoms. The van der Waals surface area contributed by atoms with Gasteiger partial charge in [-0.25, -0.2) is 0 Å². The lowest BCUT2D eigenvalue weighted by molar-refractivity contribution is -0.121. The molecule has 1 N–H and O–H groups in total. The summed E-state index contributed by atoms with van der Waals surface area (Å²) in [6.45, 7) is 4.61. The quantitative estimate of drug-likeness (QED) is 0.776. The Hall–Kier alpha value is -1.16. The molecular weight excluding hydrogens is 190 g/mol. The fourth-order valence-corrected chi connectivity index (χ4v) is 1.60. The van der Waals surface area contributed by atoms with E-state index in [-0.39, 0.29) is 11.7 Å². The van der Waals surface area contributed by atoms with Gasteiger partial charge in [-0.3, -0.25) is 9.48 Å². The van der Waals surface area contributed by atoms with Crippen molar-refractivity contribution in [2.45, 2.75) is 20.3 Å². The van der Waals surface area contributed by atoms with Gasteiger partial charge >= 0.3 is 0 Å². The minimum absolute atomic E-state index is 0.0604. The minimum Gasteiger partial charge on any atom is -0.319 e. The van der Waals surface area contributed by atoms with E-state index in [2.05, 4.69) is 10.4 Å². The van der Waals surface area contributed by atoms with E-state index in [1.165, 1.54) is 0 Å². The lowest BCUT2D eigenvalue weighted by Crippen LogP contribution is -2.25. The fourth-order valence-electron chi connectivity index (χ4n) is 1.60. The summed E-state index contributed by atoms with van der Waals surface area (Å²) in [4.78, 5) is 11.8. The summed E-state index contributed by atoms with van der Waals surface area (Å²) in [6.07, 6.45) is 0.472. The van der Waals surface area contributed by atoms with Gasteiger partial charge < -0.3 is 5.32 Å². The highest BCUT2D eigenvalue weighted by molar-refractivity contribution is 5.82. The van der Waals surface area contributed by atoms with Crippen molar-refractivity contribution in [1.29, 1.82) is 0 Å². The van der Waals surface area contributed by atoms with E-state index in [9.17, 15) is 4.79 Å². The predicted molar refractivity (Wildman–Crippen MR) is 59.7 cm³/mol. The second-order valence-corrected chi connectivity index (χ2v) is 4.00. The van der Waals surface area contributed by atoms with Crippen molar-refractivity contribution in [3.8, 4) is 0 Å². The first-order chi connectivity index (χ1) is 7.04. The third-order valence-corrected chi connectivity index (χ3v) is 2.51. The zero-order chi connectivity index (χ0) is 11.4. The van der Waals surface area contributed by atoms with E-state index in [0.29, 0.717) is 6.42 Å². The number of nitrogens with zero attached hydrogens (tertiary/aromatic N) is 2. The molecule has 0 saturated heterocycles. The Balaban J connectivity index is 2.62. The molecule has 0 radical (unpaired) electrons. The van der Waals surface area contributed by atoms with Gasteiger partial charge in [0, 0.05) is 31.6 Å². The Morgan fingerprint density at radius 1 is 1.67 bits per heavy atom. The van der Waals surface area contributed by atoms with Gasteiger partial charge in [0.2, 0.25) is 0 Å². The topological polar surface area (TPSA) is 46.9 Å². The fraction of sp³-hybridized carbons (Fsp3) is 0.636. The number of carbonyl (C=O) groups is 1. The molecule has 1 atom stereocenters. The minimum atomic E-state index is 0.0604. The first kappa shape index (κ1) is 11.9. The number of hydrogen-bond acceptors (Lipinski definition) is 3. The smallest absolute Gasteiger partial charge is 0.142 e. The summed E-state index contributed by atoms with van der Waals surface area (Å²) in [5, 5.41) is 7.23.